The molecule has 0 aromatic carbocycles. The zero-order valence-corrected chi connectivity index (χ0v) is 22.4. The Morgan fingerprint density at radius 2 is 1.90 bits per heavy atom. The molecule has 2 amide bonds. The lowest BCUT2D eigenvalue weighted by Gasteiger charge is -2.24. The van der Waals surface area contributed by atoms with Crippen LogP contribution in [0.25, 0.3) is 11.2 Å². The molecule has 6 heterocycles. The quantitative estimate of drug-likeness (QED) is 0.293. The van der Waals surface area contributed by atoms with Crippen LogP contribution < -0.4 is 11.1 Å². The third-order valence-electron chi connectivity index (χ3n) is 6.86. The van der Waals surface area contributed by atoms with Crippen molar-refractivity contribution < 1.29 is 60.0 Å². The highest BCUT2D eigenvalue weighted by atomic mass is 31.2. The van der Waals surface area contributed by atoms with Crippen LogP contribution in [-0.2, 0) is 46.3 Å². The largest absolute Gasteiger partial charge is 0.472 e. The van der Waals surface area contributed by atoms with Crippen molar-refractivity contribution in [1.29, 1.82) is 0 Å². The van der Waals surface area contributed by atoms with Gasteiger partial charge in [0.2, 0.25) is 11.8 Å². The fourth-order valence-corrected chi connectivity index (χ4v) is 6.75. The minimum atomic E-state index is -5.11. The van der Waals surface area contributed by atoms with E-state index in [-0.39, 0.29) is 17.0 Å². The molecule has 4 aliphatic heterocycles. The fraction of sp³-hybridized carbons (Fsp3) is 0.550. The highest BCUT2D eigenvalue weighted by Crippen LogP contribution is 2.51. The summed E-state index contributed by atoms with van der Waals surface area (Å²) in [6, 6.07) is 0. The first-order chi connectivity index (χ1) is 19.5. The van der Waals surface area contributed by atoms with Crippen LogP contribution in [0.15, 0.2) is 24.8 Å². The Morgan fingerprint density at radius 3 is 2.68 bits per heavy atom. The second-order valence-electron chi connectivity index (χ2n) is 9.39. The van der Waals surface area contributed by atoms with E-state index in [0.717, 1.165) is 18.5 Å². The molecule has 222 valence electrons. The lowest BCUT2D eigenvalue weighted by atomic mass is 9.94. The summed E-state index contributed by atoms with van der Waals surface area (Å²) in [6.07, 6.45) is -9.22. The minimum Gasteiger partial charge on any atom is -0.382 e. The molecule has 0 aliphatic carbocycles. The Bertz CT molecular complexity index is 1480. The summed E-state index contributed by atoms with van der Waals surface area (Å²) in [5.74, 6) is -2.86. The van der Waals surface area contributed by atoms with E-state index in [2.05, 4.69) is 15.0 Å². The van der Waals surface area contributed by atoms with Crippen LogP contribution in [0.2, 0.25) is 0 Å². The maximum Gasteiger partial charge on any atom is 0.472 e. The van der Waals surface area contributed by atoms with Crippen LogP contribution in [0, 0.1) is 5.92 Å². The van der Waals surface area contributed by atoms with E-state index >= 15 is 8.78 Å². The number of hydrogen-bond acceptors (Lipinski definition) is 14. The molecule has 2 aromatic heterocycles. The van der Waals surface area contributed by atoms with Gasteiger partial charge < -0.3 is 24.6 Å². The second kappa shape index (κ2) is 10.8. The van der Waals surface area contributed by atoms with E-state index in [0.29, 0.717) is 0 Å². The number of imidazole rings is 1. The Hall–Kier alpha value is -2.73. The van der Waals surface area contributed by atoms with Crippen LogP contribution in [-0.4, -0.2) is 92.3 Å². The van der Waals surface area contributed by atoms with Gasteiger partial charge in [-0.3, -0.25) is 37.6 Å². The van der Waals surface area contributed by atoms with Gasteiger partial charge in [0, 0.05) is 6.08 Å². The van der Waals surface area contributed by atoms with Gasteiger partial charge in [-0.05, 0) is 0 Å². The molecular weight excluding hydrogens is 600 g/mol. The molecule has 2 aromatic rings. The maximum atomic E-state index is 15.5. The van der Waals surface area contributed by atoms with Crippen LogP contribution in [0.4, 0.5) is 14.6 Å². The number of alkyl halides is 2. The number of aromatic nitrogens is 4. The van der Waals surface area contributed by atoms with E-state index in [9.17, 15) is 23.6 Å². The Balaban J connectivity index is 1.27. The number of nitrogens with two attached hydrogens (primary N) is 1. The zero-order chi connectivity index (χ0) is 29.1. The molecule has 4 aliphatic rings. The molecule has 41 heavy (non-hydrogen) atoms. The second-order valence-corrected chi connectivity index (χ2v) is 11.8. The predicted octanol–water partition coefficient (Wildman–Crippen LogP) is -0.114. The average molecular weight is 622 g/mol. The summed E-state index contributed by atoms with van der Waals surface area (Å²) in [6.45, 7) is -1.59. The number of nitrogens with zero attached hydrogens (tertiary/aromatic N) is 4. The first-order valence-electron chi connectivity index (χ1n) is 12.1. The van der Waals surface area contributed by atoms with E-state index in [1.165, 1.54) is 10.9 Å². The summed E-state index contributed by atoms with van der Waals surface area (Å²) in [4.78, 5) is 46.0. The Kier molecular flexibility index (Phi) is 7.50. The van der Waals surface area contributed by atoms with E-state index in [4.69, 9.17) is 33.3 Å². The summed E-state index contributed by atoms with van der Waals surface area (Å²) >= 11 is 0. The number of imide groups is 1. The number of nitrogens with one attached hydrogen (secondary N) is 1. The lowest BCUT2D eigenvalue weighted by Crippen LogP contribution is -2.45. The van der Waals surface area contributed by atoms with Crippen molar-refractivity contribution in [3.05, 3.63) is 24.8 Å². The number of carbonyl (C=O) groups is 2. The molecule has 17 nitrogen and oxygen atoms in total. The molecule has 21 heteroatoms. The van der Waals surface area contributed by atoms with Crippen molar-refractivity contribution >= 4 is 44.9 Å². The third kappa shape index (κ3) is 5.33. The van der Waals surface area contributed by atoms with Gasteiger partial charge >= 0.3 is 16.1 Å². The van der Waals surface area contributed by atoms with Crippen LogP contribution in [0.3, 0.4) is 0 Å². The maximum absolute atomic E-state index is 15.5. The number of phosphoric ester groups is 1. The normalized spacial score (nSPS) is 41.8. The summed E-state index contributed by atoms with van der Waals surface area (Å²) in [5, 5.41) is 2.00. The minimum absolute atomic E-state index is 0.0294. The number of amides is 2. The number of ether oxygens (including phenoxy) is 2. The fourth-order valence-electron chi connectivity index (χ4n) is 4.95. The average Bonchev–Trinajstić information content (AvgIpc) is 3.57. The molecule has 3 fully saturated rings. The van der Waals surface area contributed by atoms with Crippen LogP contribution in [0.1, 0.15) is 6.23 Å². The Morgan fingerprint density at radius 1 is 1.10 bits per heavy atom. The number of carbonyl (C=O) groups excluding carboxylic acids is 2. The molecule has 11 atom stereocenters. The number of halogens is 2. The monoisotopic (exact) mass is 622 g/mol. The summed E-state index contributed by atoms with van der Waals surface area (Å²) < 4.78 is 89.8. The van der Waals surface area contributed by atoms with Crippen molar-refractivity contribution in [1.82, 2.24) is 24.8 Å². The van der Waals surface area contributed by atoms with Gasteiger partial charge in [0.1, 0.15) is 42.4 Å². The van der Waals surface area contributed by atoms with E-state index in [1.54, 1.807) is 0 Å². The van der Waals surface area contributed by atoms with Crippen LogP contribution >= 0.6 is 16.1 Å². The molecule has 3 saturated heterocycles. The number of fused-ring (bicyclic) bond motifs is 4. The first-order valence-corrected chi connectivity index (χ1v) is 14.8. The first kappa shape index (κ1) is 28.4. The smallest absolute Gasteiger partial charge is 0.382 e. The Labute approximate surface area is 228 Å². The standard InChI is InChI=1S/C20H22F2N6O11P2/c21-11-8-4-35-41(32,33)39-15-9(36-14(12(15)22)7-1-2-10(29)27-19(7)30)3-34-40(31)38-16(11)20(37-8)28-6-26-13-17(23)24-5-25-18(13)28/h1-2,5-9,11-12,14-16,20,40H,3-4H2,(H,32,33)(H2,23,24,25)(H,27,29,30)/t7?,8-,9-,11-,12+,14?,15-,16-,20-/m1/s1. The molecule has 0 radical (unpaired) electrons. The van der Waals surface area contributed by atoms with Gasteiger partial charge in [-0.25, -0.2) is 28.3 Å². The number of phosphoric acid groups is 1. The van der Waals surface area contributed by atoms with Gasteiger partial charge in [-0.2, -0.15) is 0 Å². The summed E-state index contributed by atoms with van der Waals surface area (Å²) in [5.41, 5.74) is 6.11. The van der Waals surface area contributed by atoms with Gasteiger partial charge in [-0.15, -0.1) is 0 Å². The van der Waals surface area contributed by atoms with Gasteiger partial charge in [0.05, 0.1) is 25.5 Å². The van der Waals surface area contributed by atoms with Crippen molar-refractivity contribution in [2.75, 3.05) is 18.9 Å². The topological polar surface area (TPSA) is 226 Å². The number of rotatable bonds is 2. The van der Waals surface area contributed by atoms with Crippen molar-refractivity contribution in [2.45, 2.75) is 49.1 Å². The molecule has 4 N–H and O–H groups in total. The molecule has 6 rings (SSSR count). The number of hydrogen-bond donors (Lipinski definition) is 3. The number of anilines is 1. The van der Waals surface area contributed by atoms with E-state index < -0.39 is 96.1 Å². The van der Waals surface area contributed by atoms with Gasteiger partial charge in [0.15, 0.2) is 30.0 Å². The highest BCUT2D eigenvalue weighted by molar-refractivity contribution is 7.47. The predicted molar refractivity (Wildman–Crippen MR) is 128 cm³/mol. The summed E-state index contributed by atoms with van der Waals surface area (Å²) in [7, 11) is -8.67. The zero-order valence-electron chi connectivity index (χ0n) is 20.5. The van der Waals surface area contributed by atoms with Crippen molar-refractivity contribution in [3.63, 3.8) is 0 Å². The molecular formula is C20H22F2N6O11P2. The molecule has 0 spiro atoms. The number of nitrogen functional groups attached to an aromatic ring is 1. The third-order valence-corrected chi connectivity index (χ3v) is 8.72. The van der Waals surface area contributed by atoms with Crippen LogP contribution in [0.5, 0.6) is 0 Å². The van der Waals surface area contributed by atoms with Crippen molar-refractivity contribution in [3.8, 4) is 0 Å². The molecule has 0 saturated carbocycles. The highest BCUT2D eigenvalue weighted by Gasteiger charge is 2.55. The van der Waals surface area contributed by atoms with Gasteiger partial charge in [-0.1, -0.05) is 6.08 Å². The van der Waals surface area contributed by atoms with Crippen molar-refractivity contribution in [2.24, 2.45) is 5.92 Å². The SMILES string of the molecule is Nc1ncnc2c1ncn2[C@@H]1O[C@@H]2COP(=O)(O)O[C@@H]3[C@@H](CO[PH](=O)O[C@@H]1[C@@H]2F)OC(C1C=CC(=O)NC1=O)[C@@H]3F. The molecule has 4 unspecified atom stereocenters. The van der Waals surface area contributed by atoms with E-state index in [1.807, 2.05) is 5.32 Å². The van der Waals surface area contributed by atoms with Gasteiger partial charge in [0.25, 0.3) is 0 Å². The molecule has 2 bridgehead atoms. The lowest BCUT2D eigenvalue weighted by molar-refractivity contribution is -0.135.